The predicted octanol–water partition coefficient (Wildman–Crippen LogP) is 4.14. The van der Waals surface area contributed by atoms with Crippen LogP contribution in [0.5, 0.6) is 0 Å². The van der Waals surface area contributed by atoms with Crippen LogP contribution in [0.1, 0.15) is 15.1 Å². The van der Waals surface area contributed by atoms with Gasteiger partial charge < -0.3 is 4.57 Å². The molecule has 0 aliphatic heterocycles. The fourth-order valence-corrected chi connectivity index (χ4v) is 1.35. The summed E-state index contributed by atoms with van der Waals surface area (Å²) >= 11 is 0. The van der Waals surface area contributed by atoms with Gasteiger partial charge in [-0.05, 0) is 29.3 Å². The number of hydrogen-bond donors (Lipinski definition) is 0. The van der Waals surface area contributed by atoms with Crippen molar-refractivity contribution in [1.82, 2.24) is 4.57 Å². The monoisotopic (exact) mass is 230 g/mol. The summed E-state index contributed by atoms with van der Waals surface area (Å²) in [5, 5.41) is 0. The Morgan fingerprint density at radius 3 is 2.41 bits per heavy atom. The van der Waals surface area contributed by atoms with Gasteiger partial charge in [0, 0.05) is 18.1 Å². The Kier molecular flexibility index (Phi) is 0.912. The third-order valence-electron chi connectivity index (χ3n) is 2.11. The Morgan fingerprint density at radius 1 is 0.765 bits per heavy atom. The van der Waals surface area contributed by atoms with Gasteiger partial charge in [-0.2, -0.15) is 0 Å². The van der Waals surface area contributed by atoms with Crippen LogP contribution in [-0.2, 0) is 0 Å². The molecule has 0 spiro atoms. The molecule has 0 amide bonds. The predicted molar refractivity (Wildman–Crippen MR) is 71.2 cm³/mol. The lowest BCUT2D eigenvalue weighted by atomic mass is 10.1. The largest absolute Gasteiger partial charge is 0.323 e. The first-order chi connectivity index (χ1) is 13.0. The Bertz CT molecular complexity index is 1100. The summed E-state index contributed by atoms with van der Waals surface area (Å²) in [6, 6.07) is -3.78. The van der Waals surface area contributed by atoms with Gasteiger partial charge in [0.15, 0.2) is 0 Å². The first-order valence-electron chi connectivity index (χ1n) is 10.3. The number of rotatable bonds is 2. The molecule has 0 aliphatic rings. The average molecular weight is 230 g/mol. The molecule has 1 heterocycles. The molecule has 1 aromatic heterocycles. The van der Waals surface area contributed by atoms with Gasteiger partial charge in [-0.25, -0.2) is 0 Å². The molecule has 0 fully saturated rings. The standard InChI is InChI=1S/C16H13N/c1-3-7-14(8-4-1)15-11-12-17(13-15)16-9-5-2-6-10-16/h1-13H/i1D,2D,3D,4D,5D,6D,7D,8D,9D,11D,13D. The minimum absolute atomic E-state index is 0.0804. The molecule has 1 heteroatoms. The van der Waals surface area contributed by atoms with E-state index in [0.29, 0.717) is 0 Å². The van der Waals surface area contributed by atoms with Crippen LogP contribution in [0.2, 0.25) is 0 Å². The van der Waals surface area contributed by atoms with Gasteiger partial charge in [0.25, 0.3) is 0 Å². The molecule has 3 aromatic rings. The zero-order valence-corrected chi connectivity index (χ0v) is 8.60. The Balaban J connectivity index is 2.36. The van der Waals surface area contributed by atoms with E-state index >= 15 is 0 Å². The van der Waals surface area contributed by atoms with Gasteiger partial charge in [-0.3, -0.25) is 0 Å². The second kappa shape index (κ2) is 4.30. The summed E-state index contributed by atoms with van der Waals surface area (Å²) in [5.41, 5.74) is -0.604. The van der Waals surface area contributed by atoms with Crippen LogP contribution in [0.25, 0.3) is 16.8 Å². The molecular weight excluding hydrogens is 206 g/mol. The summed E-state index contributed by atoms with van der Waals surface area (Å²) in [5.74, 6) is 0. The smallest absolute Gasteiger partial charge is 0.0829 e. The van der Waals surface area contributed by atoms with E-state index in [1.165, 1.54) is 0 Å². The summed E-state index contributed by atoms with van der Waals surface area (Å²) in [4.78, 5) is 0. The number of aromatic nitrogens is 1. The second-order valence-electron chi connectivity index (χ2n) is 3.18. The molecular formula is C16H13N. The van der Waals surface area contributed by atoms with Crippen LogP contribution >= 0.6 is 0 Å². The van der Waals surface area contributed by atoms with Crippen LogP contribution in [0.15, 0.2) is 78.9 Å². The SMILES string of the molecule is [2H]c1cc(-n2cc([2H])c(-c3c([2H])c([2H])c([2H])c([2H])c3[2H])c2[2H])c([2H])c([2H])c1[2H]. The zero-order chi connectivity index (χ0) is 21.1. The third-order valence-corrected chi connectivity index (χ3v) is 2.11. The van der Waals surface area contributed by atoms with Crippen molar-refractivity contribution >= 4 is 0 Å². The quantitative estimate of drug-likeness (QED) is 0.623. The third kappa shape index (κ3) is 2.00. The van der Waals surface area contributed by atoms with Crippen molar-refractivity contribution in [3.05, 3.63) is 78.9 Å². The van der Waals surface area contributed by atoms with Crippen molar-refractivity contribution < 1.29 is 15.1 Å². The molecule has 0 atom stereocenters. The van der Waals surface area contributed by atoms with E-state index in [-0.39, 0.29) is 28.9 Å². The summed E-state index contributed by atoms with van der Waals surface area (Å²) < 4.78 is 88.0. The van der Waals surface area contributed by atoms with Gasteiger partial charge in [0.2, 0.25) is 0 Å². The van der Waals surface area contributed by atoms with Crippen LogP contribution in [0.4, 0.5) is 0 Å². The second-order valence-corrected chi connectivity index (χ2v) is 3.18. The van der Waals surface area contributed by atoms with Crippen molar-refractivity contribution in [1.29, 1.82) is 0 Å². The molecule has 0 bridgehead atoms. The number of nitrogens with zero attached hydrogens (tertiary/aromatic N) is 1. The number of para-hydroxylation sites is 1. The van der Waals surface area contributed by atoms with E-state index in [1.807, 2.05) is 0 Å². The fraction of sp³-hybridized carbons (Fsp3) is 0. The maximum absolute atomic E-state index is 8.38. The number of hydrogen-bond acceptors (Lipinski definition) is 0. The van der Waals surface area contributed by atoms with Gasteiger partial charge in [-0.15, -0.1) is 0 Å². The highest BCUT2D eigenvalue weighted by molar-refractivity contribution is 5.63. The summed E-state index contributed by atoms with van der Waals surface area (Å²) in [6.07, 6.45) is 0.697. The lowest BCUT2D eigenvalue weighted by Gasteiger charge is -2.01. The van der Waals surface area contributed by atoms with E-state index in [0.717, 1.165) is 16.8 Å². The molecule has 0 N–H and O–H groups in total. The molecule has 1 nitrogen and oxygen atoms in total. The molecule has 0 unspecified atom stereocenters. The maximum Gasteiger partial charge on any atom is 0.0829 e. The van der Waals surface area contributed by atoms with E-state index in [9.17, 15) is 0 Å². The Labute approximate surface area is 116 Å². The number of benzene rings is 2. The molecule has 3 rings (SSSR count). The highest BCUT2D eigenvalue weighted by Gasteiger charge is 2.00. The molecule has 82 valence electrons. The normalized spacial score (nSPS) is 19.4. The fourth-order valence-electron chi connectivity index (χ4n) is 1.35. The van der Waals surface area contributed by atoms with Crippen LogP contribution in [-0.4, -0.2) is 4.57 Å². The van der Waals surface area contributed by atoms with Crippen LogP contribution < -0.4 is 0 Å². The van der Waals surface area contributed by atoms with E-state index < -0.39 is 54.5 Å². The minimum atomic E-state index is -0.593. The summed E-state index contributed by atoms with van der Waals surface area (Å²) in [7, 11) is 0. The van der Waals surface area contributed by atoms with Crippen molar-refractivity contribution in [3.63, 3.8) is 0 Å². The lowest BCUT2D eigenvalue weighted by molar-refractivity contribution is 1.08. The first-order valence-corrected chi connectivity index (χ1v) is 4.82. The first kappa shape index (κ1) is 3.61. The molecule has 0 aliphatic carbocycles. The Hall–Kier alpha value is -2.28. The van der Waals surface area contributed by atoms with Crippen LogP contribution in [0.3, 0.4) is 0 Å². The highest BCUT2D eigenvalue weighted by Crippen LogP contribution is 2.21. The Morgan fingerprint density at radius 2 is 1.53 bits per heavy atom. The van der Waals surface area contributed by atoms with Gasteiger partial charge in [0.1, 0.15) is 0 Å². The zero-order valence-electron chi connectivity index (χ0n) is 19.6. The maximum atomic E-state index is 8.38. The molecule has 0 radical (unpaired) electrons. The van der Waals surface area contributed by atoms with Gasteiger partial charge >= 0.3 is 0 Å². The topological polar surface area (TPSA) is 4.93 Å². The van der Waals surface area contributed by atoms with E-state index in [2.05, 4.69) is 0 Å². The average Bonchev–Trinajstić information content (AvgIpc) is 2.94. The highest BCUT2D eigenvalue weighted by atomic mass is 14.9. The molecule has 2 aromatic carbocycles. The summed E-state index contributed by atoms with van der Waals surface area (Å²) in [6.45, 7) is 0. The van der Waals surface area contributed by atoms with Crippen LogP contribution in [0, 0.1) is 0 Å². The minimum Gasteiger partial charge on any atom is -0.323 e. The van der Waals surface area contributed by atoms with E-state index in [1.54, 1.807) is 0 Å². The molecule has 0 saturated carbocycles. The van der Waals surface area contributed by atoms with Gasteiger partial charge in [-0.1, -0.05) is 48.3 Å². The lowest BCUT2D eigenvalue weighted by Crippen LogP contribution is -1.87. The van der Waals surface area contributed by atoms with E-state index in [4.69, 9.17) is 15.1 Å². The van der Waals surface area contributed by atoms with Crippen molar-refractivity contribution in [2.75, 3.05) is 0 Å². The van der Waals surface area contributed by atoms with Crippen molar-refractivity contribution in [3.8, 4) is 16.8 Å². The molecule has 17 heavy (non-hydrogen) atoms. The van der Waals surface area contributed by atoms with Crippen molar-refractivity contribution in [2.24, 2.45) is 0 Å². The van der Waals surface area contributed by atoms with Crippen molar-refractivity contribution in [2.45, 2.75) is 0 Å². The molecule has 0 saturated heterocycles. The van der Waals surface area contributed by atoms with Gasteiger partial charge in [0.05, 0.1) is 15.1 Å².